The lowest BCUT2D eigenvalue weighted by atomic mass is 9.96. The van der Waals surface area contributed by atoms with Crippen LogP contribution in [0.3, 0.4) is 0 Å². The molecule has 0 radical (unpaired) electrons. The molecular formula is C47H27N3O2. The Hall–Kier alpha value is -7.11. The molecule has 0 aliphatic heterocycles. The maximum Gasteiger partial charge on any atom is 0.164 e. The Morgan fingerprint density at radius 1 is 0.308 bits per heavy atom. The van der Waals surface area contributed by atoms with Crippen molar-refractivity contribution in [2.75, 3.05) is 0 Å². The monoisotopic (exact) mass is 665 g/mol. The van der Waals surface area contributed by atoms with Crippen LogP contribution in [-0.2, 0) is 0 Å². The molecule has 8 aromatic carbocycles. The molecule has 0 saturated carbocycles. The van der Waals surface area contributed by atoms with Crippen LogP contribution in [0.2, 0.25) is 0 Å². The van der Waals surface area contributed by atoms with Crippen molar-refractivity contribution in [1.82, 2.24) is 15.0 Å². The molecule has 11 rings (SSSR count). The maximum absolute atomic E-state index is 6.48. The van der Waals surface area contributed by atoms with Gasteiger partial charge in [-0.3, -0.25) is 0 Å². The zero-order valence-electron chi connectivity index (χ0n) is 27.7. The molecule has 52 heavy (non-hydrogen) atoms. The fourth-order valence-corrected chi connectivity index (χ4v) is 7.69. The largest absolute Gasteiger partial charge is 0.456 e. The molecule has 0 bridgehead atoms. The van der Waals surface area contributed by atoms with Gasteiger partial charge in [-0.25, -0.2) is 15.0 Å². The smallest absolute Gasteiger partial charge is 0.164 e. The highest BCUT2D eigenvalue weighted by atomic mass is 16.3. The molecule has 0 unspecified atom stereocenters. The Balaban J connectivity index is 1.18. The highest BCUT2D eigenvalue weighted by Crippen LogP contribution is 2.41. The molecule has 11 aromatic rings. The summed E-state index contributed by atoms with van der Waals surface area (Å²) in [6, 6.07) is 56.4. The van der Waals surface area contributed by atoms with Crippen LogP contribution in [0, 0.1) is 0 Å². The van der Waals surface area contributed by atoms with Crippen LogP contribution in [-0.4, -0.2) is 15.0 Å². The second-order valence-electron chi connectivity index (χ2n) is 13.2. The van der Waals surface area contributed by atoms with Gasteiger partial charge in [-0.05, 0) is 69.1 Å². The number of para-hydroxylation sites is 1. The molecule has 3 aromatic heterocycles. The zero-order valence-corrected chi connectivity index (χ0v) is 27.7. The van der Waals surface area contributed by atoms with E-state index in [0.717, 1.165) is 76.9 Å². The topological polar surface area (TPSA) is 65.0 Å². The minimum Gasteiger partial charge on any atom is -0.456 e. The lowest BCUT2D eigenvalue weighted by Crippen LogP contribution is -2.00. The molecule has 0 aliphatic rings. The van der Waals surface area contributed by atoms with E-state index >= 15 is 0 Å². The molecular weight excluding hydrogens is 639 g/mol. The summed E-state index contributed by atoms with van der Waals surface area (Å²) in [5.74, 6) is 1.74. The van der Waals surface area contributed by atoms with Crippen molar-refractivity contribution in [2.24, 2.45) is 0 Å². The predicted octanol–water partition coefficient (Wildman–Crippen LogP) is 12.6. The van der Waals surface area contributed by atoms with Crippen molar-refractivity contribution in [2.45, 2.75) is 0 Å². The number of aromatic nitrogens is 3. The molecule has 0 atom stereocenters. The van der Waals surface area contributed by atoms with Gasteiger partial charge in [0.2, 0.25) is 0 Å². The number of nitrogens with zero attached hydrogens (tertiary/aromatic N) is 3. The third-order valence-corrected chi connectivity index (χ3v) is 10.1. The molecule has 0 saturated heterocycles. The van der Waals surface area contributed by atoms with Gasteiger partial charge in [-0.2, -0.15) is 0 Å². The quantitative estimate of drug-likeness (QED) is 0.187. The van der Waals surface area contributed by atoms with Gasteiger partial charge in [0.05, 0.1) is 0 Å². The van der Waals surface area contributed by atoms with Crippen molar-refractivity contribution in [3.63, 3.8) is 0 Å². The summed E-state index contributed by atoms with van der Waals surface area (Å²) in [6.07, 6.45) is 0. The van der Waals surface area contributed by atoms with Crippen LogP contribution < -0.4 is 0 Å². The van der Waals surface area contributed by atoms with Crippen molar-refractivity contribution < 1.29 is 8.83 Å². The summed E-state index contributed by atoms with van der Waals surface area (Å²) in [6.45, 7) is 0. The number of hydrogen-bond donors (Lipinski definition) is 0. The number of fused-ring (bicyclic) bond motifs is 8. The van der Waals surface area contributed by atoms with Gasteiger partial charge >= 0.3 is 0 Å². The Morgan fingerprint density at radius 3 is 1.63 bits per heavy atom. The van der Waals surface area contributed by atoms with Crippen LogP contribution in [0.25, 0.3) is 111 Å². The van der Waals surface area contributed by atoms with E-state index in [4.69, 9.17) is 23.8 Å². The lowest BCUT2D eigenvalue weighted by molar-refractivity contribution is 0.668. The second-order valence-corrected chi connectivity index (χ2v) is 13.2. The van der Waals surface area contributed by atoms with Crippen LogP contribution in [0.4, 0.5) is 0 Å². The summed E-state index contributed by atoms with van der Waals surface area (Å²) in [5, 5.41) is 8.67. The highest BCUT2D eigenvalue weighted by molar-refractivity contribution is 6.14. The van der Waals surface area contributed by atoms with E-state index in [2.05, 4.69) is 121 Å². The first-order valence-corrected chi connectivity index (χ1v) is 17.3. The van der Waals surface area contributed by atoms with Crippen LogP contribution in [0.1, 0.15) is 0 Å². The molecule has 0 aliphatic carbocycles. The average Bonchev–Trinajstić information content (AvgIpc) is 3.78. The molecule has 0 N–H and O–H groups in total. The standard InChI is InChI=1S/C47H27N3O2/c1-2-12-30-26-32(23-22-28(30)10-1)45-48-46(36-17-8-20-41-43(36)35-15-5-6-19-39(35)51-41)50-47(49-45)37-18-9-21-42-44(37)38-27-31(24-25-40(38)52-42)34-16-7-13-29-11-3-4-14-33(29)34/h1-27H. The summed E-state index contributed by atoms with van der Waals surface area (Å²) in [7, 11) is 0. The van der Waals surface area contributed by atoms with Crippen molar-refractivity contribution in [1.29, 1.82) is 0 Å². The zero-order chi connectivity index (χ0) is 34.2. The first-order chi connectivity index (χ1) is 25.7. The average molecular weight is 666 g/mol. The normalized spacial score (nSPS) is 11.8. The van der Waals surface area contributed by atoms with E-state index in [-0.39, 0.29) is 0 Å². The molecule has 3 heterocycles. The minimum atomic E-state index is 0.571. The summed E-state index contributed by atoms with van der Waals surface area (Å²) < 4.78 is 12.8. The number of furan rings is 2. The van der Waals surface area contributed by atoms with E-state index < -0.39 is 0 Å². The van der Waals surface area contributed by atoms with E-state index in [1.165, 1.54) is 16.3 Å². The van der Waals surface area contributed by atoms with Crippen LogP contribution in [0.15, 0.2) is 173 Å². The third kappa shape index (κ3) is 4.46. The van der Waals surface area contributed by atoms with Crippen LogP contribution in [0.5, 0.6) is 0 Å². The number of benzene rings is 8. The van der Waals surface area contributed by atoms with Gasteiger partial charge in [-0.15, -0.1) is 0 Å². The first-order valence-electron chi connectivity index (χ1n) is 17.3. The minimum absolute atomic E-state index is 0.571. The SMILES string of the molecule is c1ccc2cc(-c3nc(-c4cccc5oc6ccccc6c45)nc(-c4cccc5oc6ccc(-c7cccc8ccccc78)cc6c45)n3)ccc2c1. The molecule has 0 fully saturated rings. The van der Waals surface area contributed by atoms with Crippen molar-refractivity contribution in [3.8, 4) is 45.3 Å². The van der Waals surface area contributed by atoms with E-state index in [0.29, 0.717) is 17.5 Å². The predicted molar refractivity (Wildman–Crippen MR) is 211 cm³/mol. The highest BCUT2D eigenvalue weighted by Gasteiger charge is 2.21. The Kier molecular flexibility index (Phi) is 6.18. The first kappa shape index (κ1) is 28.7. The van der Waals surface area contributed by atoms with Gasteiger partial charge < -0.3 is 8.83 Å². The maximum atomic E-state index is 6.48. The molecule has 242 valence electrons. The van der Waals surface area contributed by atoms with E-state index in [9.17, 15) is 0 Å². The summed E-state index contributed by atoms with van der Waals surface area (Å²) in [4.78, 5) is 15.6. The Bertz CT molecular complexity index is 3200. The van der Waals surface area contributed by atoms with Gasteiger partial charge in [0.15, 0.2) is 17.5 Å². The summed E-state index contributed by atoms with van der Waals surface area (Å²) in [5.41, 5.74) is 8.17. The number of hydrogen-bond acceptors (Lipinski definition) is 5. The van der Waals surface area contributed by atoms with Gasteiger partial charge in [0.1, 0.15) is 22.3 Å². The van der Waals surface area contributed by atoms with E-state index in [1.54, 1.807) is 0 Å². The fourth-order valence-electron chi connectivity index (χ4n) is 7.69. The fraction of sp³-hybridized carbons (Fsp3) is 0. The van der Waals surface area contributed by atoms with Crippen molar-refractivity contribution >= 4 is 65.4 Å². The van der Waals surface area contributed by atoms with Gasteiger partial charge in [0.25, 0.3) is 0 Å². The molecule has 0 amide bonds. The third-order valence-electron chi connectivity index (χ3n) is 10.1. The molecule has 0 spiro atoms. The Labute approximate surface area is 297 Å². The van der Waals surface area contributed by atoms with Crippen LogP contribution >= 0.6 is 0 Å². The summed E-state index contributed by atoms with van der Waals surface area (Å²) >= 11 is 0. The molecule has 5 nitrogen and oxygen atoms in total. The van der Waals surface area contributed by atoms with Gasteiger partial charge in [-0.1, -0.05) is 127 Å². The lowest BCUT2D eigenvalue weighted by Gasteiger charge is -2.11. The Morgan fingerprint density at radius 2 is 0.846 bits per heavy atom. The second kappa shape index (κ2) is 11.2. The van der Waals surface area contributed by atoms with Gasteiger partial charge in [0, 0.05) is 38.2 Å². The number of rotatable bonds is 4. The van der Waals surface area contributed by atoms with E-state index in [1.807, 2.05) is 42.5 Å². The van der Waals surface area contributed by atoms with Crippen molar-refractivity contribution in [3.05, 3.63) is 164 Å². The molecule has 5 heteroatoms.